The Morgan fingerprint density at radius 1 is 1.29 bits per heavy atom. The first-order valence-electron chi connectivity index (χ1n) is 4.99. The molecule has 1 aromatic heterocycles. The summed E-state index contributed by atoms with van der Waals surface area (Å²) in [7, 11) is -3.89. The zero-order valence-corrected chi connectivity index (χ0v) is 10.1. The lowest BCUT2D eigenvalue weighted by Gasteiger charge is -2.05. The lowest BCUT2D eigenvalue weighted by Crippen LogP contribution is -2.36. The van der Waals surface area contributed by atoms with Crippen LogP contribution in [0.4, 0.5) is 0 Å². The van der Waals surface area contributed by atoms with Gasteiger partial charge in [-0.3, -0.25) is 9.78 Å². The van der Waals surface area contributed by atoms with E-state index in [1.54, 1.807) is 0 Å². The van der Waals surface area contributed by atoms with Crippen molar-refractivity contribution in [1.82, 2.24) is 20.0 Å². The van der Waals surface area contributed by atoms with Gasteiger partial charge >= 0.3 is 5.69 Å². The van der Waals surface area contributed by atoms with Crippen LogP contribution in [0.2, 0.25) is 0 Å². The molecule has 0 bridgehead atoms. The van der Waals surface area contributed by atoms with Crippen LogP contribution >= 0.6 is 0 Å². The number of hydrogen-bond acceptors (Lipinski definition) is 5. The number of H-pyrrole nitrogens is 2. The third kappa shape index (κ3) is 3.80. The maximum atomic E-state index is 11.6. The van der Waals surface area contributed by atoms with E-state index in [9.17, 15) is 18.0 Å². The number of likely N-dealkylation sites (N-methyl/N-ethyl adjacent to an activating group) is 1. The van der Waals surface area contributed by atoms with Gasteiger partial charge in [0, 0.05) is 19.3 Å². The van der Waals surface area contributed by atoms with Crippen molar-refractivity contribution in [2.75, 3.05) is 19.6 Å². The molecule has 0 aliphatic carbocycles. The van der Waals surface area contributed by atoms with Crippen LogP contribution in [-0.2, 0) is 10.0 Å². The molecule has 0 aromatic carbocycles. The van der Waals surface area contributed by atoms with E-state index < -0.39 is 26.2 Å². The Labute approximate surface area is 97.5 Å². The lowest BCUT2D eigenvalue weighted by atomic mass is 10.6. The average Bonchev–Trinajstić information content (AvgIpc) is 2.24. The highest BCUT2D eigenvalue weighted by Gasteiger charge is 2.17. The highest BCUT2D eigenvalue weighted by atomic mass is 32.2. The van der Waals surface area contributed by atoms with Crippen molar-refractivity contribution in [3.05, 3.63) is 27.0 Å². The molecule has 17 heavy (non-hydrogen) atoms. The summed E-state index contributed by atoms with van der Waals surface area (Å²) >= 11 is 0. The van der Waals surface area contributed by atoms with E-state index in [0.29, 0.717) is 6.54 Å². The zero-order chi connectivity index (χ0) is 12.9. The van der Waals surface area contributed by atoms with Crippen LogP contribution in [0.15, 0.2) is 20.7 Å². The fourth-order valence-electron chi connectivity index (χ4n) is 1.13. The highest BCUT2D eigenvalue weighted by Crippen LogP contribution is 1.96. The Kier molecular flexibility index (Phi) is 4.61. The number of nitrogens with one attached hydrogen (secondary N) is 4. The quantitative estimate of drug-likeness (QED) is 0.439. The van der Waals surface area contributed by atoms with E-state index in [1.807, 2.05) is 11.9 Å². The standard InChI is InChI=1S/C8H14N4O4S/c1-2-9-3-4-11-17(15,16)6-5-10-8(14)12-7(6)13/h5,9,11H,2-4H2,1H3,(H2,10,12,13,14). The summed E-state index contributed by atoms with van der Waals surface area (Å²) in [5.41, 5.74) is -1.69. The van der Waals surface area contributed by atoms with Crippen LogP contribution < -0.4 is 21.3 Å². The molecule has 0 radical (unpaired) electrons. The Hall–Kier alpha value is -1.45. The second kappa shape index (κ2) is 5.75. The molecule has 0 fully saturated rings. The van der Waals surface area contributed by atoms with E-state index in [0.717, 1.165) is 12.7 Å². The van der Waals surface area contributed by atoms with Gasteiger partial charge in [0.15, 0.2) is 4.90 Å². The van der Waals surface area contributed by atoms with E-state index in [4.69, 9.17) is 0 Å². The van der Waals surface area contributed by atoms with Gasteiger partial charge in [-0.15, -0.1) is 0 Å². The maximum Gasteiger partial charge on any atom is 0.325 e. The molecule has 0 unspecified atom stereocenters. The smallest absolute Gasteiger partial charge is 0.316 e. The predicted molar refractivity (Wildman–Crippen MR) is 61.4 cm³/mol. The molecule has 0 aliphatic rings. The van der Waals surface area contributed by atoms with Gasteiger partial charge in [-0.1, -0.05) is 6.92 Å². The molecule has 0 atom stereocenters. The lowest BCUT2D eigenvalue weighted by molar-refractivity contribution is 0.575. The molecule has 4 N–H and O–H groups in total. The molecular formula is C8H14N4O4S. The number of sulfonamides is 1. The maximum absolute atomic E-state index is 11.6. The molecule has 9 heteroatoms. The van der Waals surface area contributed by atoms with Gasteiger partial charge in [-0.2, -0.15) is 0 Å². The molecule has 96 valence electrons. The molecule has 0 saturated heterocycles. The normalized spacial score (nSPS) is 11.6. The first-order chi connectivity index (χ1) is 7.97. The molecule has 1 rings (SSSR count). The summed E-state index contributed by atoms with van der Waals surface area (Å²) in [6, 6.07) is 0. The second-order valence-electron chi connectivity index (χ2n) is 3.19. The average molecular weight is 262 g/mol. The Morgan fingerprint density at radius 3 is 2.59 bits per heavy atom. The van der Waals surface area contributed by atoms with Gasteiger partial charge in [0.1, 0.15) is 0 Å². The van der Waals surface area contributed by atoms with Gasteiger partial charge in [-0.05, 0) is 6.54 Å². The van der Waals surface area contributed by atoms with Crippen molar-refractivity contribution in [1.29, 1.82) is 0 Å². The SMILES string of the molecule is CCNCCNS(=O)(=O)c1c[nH]c(=O)[nH]c1=O. The van der Waals surface area contributed by atoms with Crippen LogP contribution in [-0.4, -0.2) is 38.0 Å². The van der Waals surface area contributed by atoms with Crippen molar-refractivity contribution in [2.24, 2.45) is 0 Å². The van der Waals surface area contributed by atoms with Crippen molar-refractivity contribution in [2.45, 2.75) is 11.8 Å². The Bertz CT molecular complexity index is 574. The van der Waals surface area contributed by atoms with Crippen molar-refractivity contribution in [3.8, 4) is 0 Å². The van der Waals surface area contributed by atoms with E-state index in [1.165, 1.54) is 0 Å². The fourth-order valence-corrected chi connectivity index (χ4v) is 2.16. The third-order valence-electron chi connectivity index (χ3n) is 1.92. The molecule has 8 nitrogen and oxygen atoms in total. The van der Waals surface area contributed by atoms with Gasteiger partial charge in [0.25, 0.3) is 5.56 Å². The summed E-state index contributed by atoms with van der Waals surface area (Å²) in [5.74, 6) is 0. The molecular weight excluding hydrogens is 248 g/mol. The van der Waals surface area contributed by atoms with Crippen molar-refractivity contribution < 1.29 is 8.42 Å². The minimum absolute atomic E-state index is 0.161. The summed E-state index contributed by atoms with van der Waals surface area (Å²) in [5, 5.41) is 2.93. The minimum Gasteiger partial charge on any atom is -0.316 e. The number of rotatable bonds is 6. The fraction of sp³-hybridized carbons (Fsp3) is 0.500. The molecule has 1 heterocycles. The minimum atomic E-state index is -3.89. The van der Waals surface area contributed by atoms with Crippen molar-refractivity contribution >= 4 is 10.0 Å². The van der Waals surface area contributed by atoms with E-state index >= 15 is 0 Å². The van der Waals surface area contributed by atoms with Crippen LogP contribution in [0.5, 0.6) is 0 Å². The predicted octanol–water partition coefficient (Wildman–Crippen LogP) is -2.05. The first kappa shape index (κ1) is 13.6. The zero-order valence-electron chi connectivity index (χ0n) is 9.24. The van der Waals surface area contributed by atoms with Crippen LogP contribution in [0.1, 0.15) is 6.92 Å². The monoisotopic (exact) mass is 262 g/mol. The van der Waals surface area contributed by atoms with Gasteiger partial charge in [0.2, 0.25) is 10.0 Å². The van der Waals surface area contributed by atoms with Crippen LogP contribution in [0.3, 0.4) is 0 Å². The molecule has 0 spiro atoms. The molecule has 0 saturated carbocycles. The van der Waals surface area contributed by atoms with Crippen molar-refractivity contribution in [3.63, 3.8) is 0 Å². The van der Waals surface area contributed by atoms with E-state index in [-0.39, 0.29) is 6.54 Å². The topological polar surface area (TPSA) is 124 Å². The Morgan fingerprint density at radius 2 is 2.00 bits per heavy atom. The largest absolute Gasteiger partial charge is 0.325 e. The number of hydrogen-bond donors (Lipinski definition) is 4. The third-order valence-corrected chi connectivity index (χ3v) is 3.39. The summed E-state index contributed by atoms with van der Waals surface area (Å²) in [6.45, 7) is 3.23. The van der Waals surface area contributed by atoms with Gasteiger partial charge in [0.05, 0.1) is 0 Å². The Balaban J connectivity index is 2.83. The van der Waals surface area contributed by atoms with Gasteiger partial charge in [-0.25, -0.2) is 17.9 Å². The van der Waals surface area contributed by atoms with Crippen LogP contribution in [0, 0.1) is 0 Å². The second-order valence-corrected chi connectivity index (χ2v) is 4.92. The molecule has 1 aromatic rings. The first-order valence-corrected chi connectivity index (χ1v) is 6.48. The molecule has 0 aliphatic heterocycles. The summed E-state index contributed by atoms with van der Waals surface area (Å²) < 4.78 is 25.5. The number of aromatic amines is 2. The van der Waals surface area contributed by atoms with Crippen LogP contribution in [0.25, 0.3) is 0 Å². The summed E-state index contributed by atoms with van der Waals surface area (Å²) in [6.07, 6.45) is 0.872. The van der Waals surface area contributed by atoms with Gasteiger partial charge < -0.3 is 10.3 Å². The number of aromatic nitrogens is 2. The highest BCUT2D eigenvalue weighted by molar-refractivity contribution is 7.89. The molecule has 0 amide bonds. The van der Waals surface area contributed by atoms with E-state index in [2.05, 4.69) is 15.0 Å². The summed E-state index contributed by atoms with van der Waals surface area (Å²) in [4.78, 5) is 25.4.